The second kappa shape index (κ2) is 5.89. The van der Waals surface area contributed by atoms with E-state index in [-0.39, 0.29) is 18.5 Å². The van der Waals surface area contributed by atoms with E-state index >= 15 is 0 Å². The maximum Gasteiger partial charge on any atom is 0.330 e. The number of carbonyl (C=O) groups is 2. The van der Waals surface area contributed by atoms with Gasteiger partial charge >= 0.3 is 5.97 Å². The number of rotatable bonds is 4. The van der Waals surface area contributed by atoms with Crippen molar-refractivity contribution in [3.05, 3.63) is 41.0 Å². The first-order valence-corrected chi connectivity index (χ1v) is 4.87. The van der Waals surface area contributed by atoms with Crippen LogP contribution in [0.3, 0.4) is 0 Å². The number of hydrogen-bond acceptors (Lipinski definition) is 3. The predicted molar refractivity (Wildman–Crippen MR) is 57.4 cm³/mol. The summed E-state index contributed by atoms with van der Waals surface area (Å²) in [5.74, 6) is -2.54. The maximum absolute atomic E-state index is 13.2. The van der Waals surface area contributed by atoms with E-state index in [1.54, 1.807) is 6.92 Å². The van der Waals surface area contributed by atoms with Crippen LogP contribution in [0, 0.1) is 11.6 Å². The largest absolute Gasteiger partial charge is 0.463 e. The van der Waals surface area contributed by atoms with Gasteiger partial charge in [0.25, 0.3) is 0 Å². The Kier molecular flexibility index (Phi) is 4.51. The third-order valence-corrected chi connectivity index (χ3v) is 1.92. The second-order valence-corrected chi connectivity index (χ2v) is 3.10. The van der Waals surface area contributed by atoms with Crippen LogP contribution in [0.25, 0.3) is 6.08 Å². The summed E-state index contributed by atoms with van der Waals surface area (Å²) >= 11 is 0. The minimum Gasteiger partial charge on any atom is -0.463 e. The van der Waals surface area contributed by atoms with Gasteiger partial charge < -0.3 is 4.74 Å². The second-order valence-electron chi connectivity index (χ2n) is 3.10. The molecule has 0 aliphatic carbocycles. The Labute approximate surface area is 96.7 Å². The topological polar surface area (TPSA) is 43.4 Å². The first-order valence-electron chi connectivity index (χ1n) is 4.87. The van der Waals surface area contributed by atoms with Crippen molar-refractivity contribution in [1.29, 1.82) is 0 Å². The molecule has 0 spiro atoms. The van der Waals surface area contributed by atoms with Crippen LogP contribution < -0.4 is 0 Å². The zero-order valence-electron chi connectivity index (χ0n) is 9.07. The van der Waals surface area contributed by atoms with Crippen molar-refractivity contribution in [1.82, 2.24) is 0 Å². The fraction of sp³-hybridized carbons (Fsp3) is 0.167. The van der Waals surface area contributed by atoms with E-state index in [0.717, 1.165) is 18.2 Å². The van der Waals surface area contributed by atoms with Gasteiger partial charge in [-0.15, -0.1) is 0 Å². The molecule has 0 amide bonds. The third-order valence-electron chi connectivity index (χ3n) is 1.92. The molecule has 0 aromatic heterocycles. The molecule has 17 heavy (non-hydrogen) atoms. The van der Waals surface area contributed by atoms with E-state index in [1.165, 1.54) is 6.08 Å². The van der Waals surface area contributed by atoms with E-state index in [0.29, 0.717) is 0 Å². The van der Waals surface area contributed by atoms with Gasteiger partial charge in [0.1, 0.15) is 11.6 Å². The van der Waals surface area contributed by atoms with Crippen molar-refractivity contribution >= 4 is 18.3 Å². The molecule has 0 bridgehead atoms. The number of benzene rings is 1. The lowest BCUT2D eigenvalue weighted by molar-refractivity contribution is -0.137. The molecule has 0 aliphatic heterocycles. The molecule has 1 aromatic carbocycles. The maximum atomic E-state index is 13.2. The first kappa shape index (κ1) is 13.0. The van der Waals surface area contributed by atoms with Crippen LogP contribution in [0.15, 0.2) is 18.2 Å². The lowest BCUT2D eigenvalue weighted by atomic mass is 10.1. The number of halogens is 2. The first-order chi connectivity index (χ1) is 8.08. The number of aldehydes is 1. The molecule has 0 heterocycles. The standard InChI is InChI=1S/C12H10F2O3/c1-2-17-12(16)4-3-8-5-10(13)9(7-15)11(14)6-8/h3-7H,2H2,1H3. The van der Waals surface area contributed by atoms with Crippen LogP contribution in [-0.4, -0.2) is 18.9 Å². The summed E-state index contributed by atoms with van der Waals surface area (Å²) in [5, 5.41) is 0. The van der Waals surface area contributed by atoms with Crippen LogP contribution in [0.5, 0.6) is 0 Å². The Morgan fingerprint density at radius 3 is 2.41 bits per heavy atom. The van der Waals surface area contributed by atoms with Gasteiger partial charge in [-0.3, -0.25) is 4.79 Å². The van der Waals surface area contributed by atoms with Crippen LogP contribution in [-0.2, 0) is 9.53 Å². The van der Waals surface area contributed by atoms with E-state index in [1.807, 2.05) is 0 Å². The molecule has 0 saturated carbocycles. The molecule has 1 rings (SSSR count). The fourth-order valence-electron chi connectivity index (χ4n) is 1.17. The Balaban J connectivity index is 2.94. The smallest absolute Gasteiger partial charge is 0.330 e. The Morgan fingerprint density at radius 1 is 1.35 bits per heavy atom. The van der Waals surface area contributed by atoms with E-state index in [9.17, 15) is 18.4 Å². The highest BCUT2D eigenvalue weighted by atomic mass is 19.1. The molecule has 0 saturated heterocycles. The van der Waals surface area contributed by atoms with E-state index < -0.39 is 23.2 Å². The number of esters is 1. The molecule has 0 aliphatic rings. The van der Waals surface area contributed by atoms with Crippen molar-refractivity contribution in [3.8, 4) is 0 Å². The summed E-state index contributed by atoms with van der Waals surface area (Å²) in [6.45, 7) is 1.86. The van der Waals surface area contributed by atoms with Crippen molar-refractivity contribution in [3.63, 3.8) is 0 Å². The molecule has 0 fully saturated rings. The number of carbonyl (C=O) groups excluding carboxylic acids is 2. The lowest BCUT2D eigenvalue weighted by Crippen LogP contribution is -1.99. The highest BCUT2D eigenvalue weighted by molar-refractivity contribution is 5.87. The molecule has 0 atom stereocenters. The summed E-state index contributed by atoms with van der Waals surface area (Å²) in [6, 6.07) is 1.92. The number of ether oxygens (including phenoxy) is 1. The van der Waals surface area contributed by atoms with Crippen LogP contribution in [0.4, 0.5) is 8.78 Å². The van der Waals surface area contributed by atoms with Gasteiger partial charge in [0.2, 0.25) is 0 Å². The molecule has 0 radical (unpaired) electrons. The Morgan fingerprint density at radius 2 is 1.94 bits per heavy atom. The molecular weight excluding hydrogens is 230 g/mol. The zero-order valence-corrected chi connectivity index (χ0v) is 9.07. The third kappa shape index (κ3) is 3.48. The predicted octanol–water partition coefficient (Wildman–Crippen LogP) is 2.35. The van der Waals surface area contributed by atoms with Gasteiger partial charge in [0.15, 0.2) is 6.29 Å². The van der Waals surface area contributed by atoms with Crippen molar-refractivity contribution in [2.45, 2.75) is 6.92 Å². The van der Waals surface area contributed by atoms with Crippen LogP contribution in [0.2, 0.25) is 0 Å². The SMILES string of the molecule is CCOC(=O)C=Cc1cc(F)c(C=O)c(F)c1. The van der Waals surface area contributed by atoms with Crippen molar-refractivity contribution in [2.75, 3.05) is 6.61 Å². The zero-order chi connectivity index (χ0) is 12.8. The number of hydrogen-bond donors (Lipinski definition) is 0. The minimum absolute atomic E-state index is 0.101. The molecule has 0 unspecified atom stereocenters. The molecule has 0 N–H and O–H groups in total. The average molecular weight is 240 g/mol. The van der Waals surface area contributed by atoms with Gasteiger partial charge in [-0.25, -0.2) is 13.6 Å². The molecule has 5 heteroatoms. The summed E-state index contributed by atoms with van der Waals surface area (Å²) in [5.41, 5.74) is -0.489. The summed E-state index contributed by atoms with van der Waals surface area (Å²) in [4.78, 5) is 21.3. The summed E-state index contributed by atoms with van der Waals surface area (Å²) < 4.78 is 30.9. The van der Waals surface area contributed by atoms with Gasteiger partial charge in [0.05, 0.1) is 12.2 Å². The van der Waals surface area contributed by atoms with Crippen LogP contribution >= 0.6 is 0 Å². The monoisotopic (exact) mass is 240 g/mol. The molecule has 90 valence electrons. The quantitative estimate of drug-likeness (QED) is 0.461. The highest BCUT2D eigenvalue weighted by Gasteiger charge is 2.09. The van der Waals surface area contributed by atoms with E-state index in [4.69, 9.17) is 0 Å². The fourth-order valence-corrected chi connectivity index (χ4v) is 1.17. The summed E-state index contributed by atoms with van der Waals surface area (Å²) in [6.07, 6.45) is 2.36. The Hall–Kier alpha value is -2.04. The average Bonchev–Trinajstić information content (AvgIpc) is 2.26. The minimum atomic E-state index is -0.969. The van der Waals surface area contributed by atoms with Gasteiger partial charge in [0, 0.05) is 6.08 Å². The van der Waals surface area contributed by atoms with Crippen molar-refractivity contribution in [2.24, 2.45) is 0 Å². The lowest BCUT2D eigenvalue weighted by Gasteiger charge is -2.00. The molecule has 1 aromatic rings. The van der Waals surface area contributed by atoms with Crippen LogP contribution in [0.1, 0.15) is 22.8 Å². The Bertz CT molecular complexity index is 444. The highest BCUT2D eigenvalue weighted by Crippen LogP contribution is 2.14. The van der Waals surface area contributed by atoms with Gasteiger partial charge in [-0.2, -0.15) is 0 Å². The van der Waals surface area contributed by atoms with E-state index in [2.05, 4.69) is 4.74 Å². The van der Waals surface area contributed by atoms with Gasteiger partial charge in [-0.1, -0.05) is 0 Å². The van der Waals surface area contributed by atoms with Gasteiger partial charge in [-0.05, 0) is 30.7 Å². The van der Waals surface area contributed by atoms with Crippen molar-refractivity contribution < 1.29 is 23.1 Å². The molecular formula is C12H10F2O3. The molecule has 3 nitrogen and oxygen atoms in total. The summed E-state index contributed by atoms with van der Waals surface area (Å²) in [7, 11) is 0. The normalized spacial score (nSPS) is 10.5.